The Kier molecular flexibility index (Phi) is 5.64. The van der Waals surface area contributed by atoms with Crippen molar-refractivity contribution in [2.24, 2.45) is 0 Å². The van der Waals surface area contributed by atoms with Crippen LogP contribution in [0.5, 0.6) is 11.5 Å². The lowest BCUT2D eigenvalue weighted by Gasteiger charge is -2.18. The van der Waals surface area contributed by atoms with Crippen molar-refractivity contribution in [1.29, 1.82) is 0 Å². The number of ether oxygens (including phenoxy) is 3. The highest BCUT2D eigenvalue weighted by Gasteiger charge is 2.14. The summed E-state index contributed by atoms with van der Waals surface area (Å²) in [6, 6.07) is 5.14. The number of aliphatic hydroxyl groups excluding tert-OH is 1. The molecular weight excluding hydrogens is 262 g/mol. The van der Waals surface area contributed by atoms with Crippen molar-refractivity contribution in [3.05, 3.63) is 23.8 Å². The molecule has 0 unspecified atom stereocenters. The summed E-state index contributed by atoms with van der Waals surface area (Å²) in [5, 5.41) is 11.3. The second-order valence-corrected chi connectivity index (χ2v) is 4.30. The number of hydrogen-bond acceptors (Lipinski definition) is 5. The van der Waals surface area contributed by atoms with E-state index in [1.54, 1.807) is 18.2 Å². The van der Waals surface area contributed by atoms with E-state index in [4.69, 9.17) is 19.3 Å². The Balaban J connectivity index is 1.77. The van der Waals surface area contributed by atoms with Gasteiger partial charge in [-0.2, -0.15) is 0 Å². The first kappa shape index (κ1) is 14.6. The van der Waals surface area contributed by atoms with Gasteiger partial charge in [-0.3, -0.25) is 4.79 Å². The highest BCUT2D eigenvalue weighted by atomic mass is 16.6. The molecule has 2 N–H and O–H groups in total. The van der Waals surface area contributed by atoms with E-state index in [1.165, 1.54) is 0 Å². The Hall–Kier alpha value is -1.79. The predicted molar refractivity (Wildman–Crippen MR) is 72.3 cm³/mol. The van der Waals surface area contributed by atoms with E-state index in [9.17, 15) is 4.79 Å². The van der Waals surface area contributed by atoms with E-state index in [0.29, 0.717) is 56.5 Å². The van der Waals surface area contributed by atoms with Crippen LogP contribution in [0, 0.1) is 0 Å². The molecule has 0 radical (unpaired) electrons. The third kappa shape index (κ3) is 4.11. The van der Waals surface area contributed by atoms with Crippen LogP contribution in [-0.4, -0.2) is 50.6 Å². The fraction of sp³-hybridized carbons (Fsp3) is 0.500. The van der Waals surface area contributed by atoms with Crippen LogP contribution in [0.2, 0.25) is 0 Å². The van der Waals surface area contributed by atoms with Crippen LogP contribution in [0.25, 0.3) is 0 Å². The SMILES string of the molecule is O=C(NCCCOCCO)c1ccc2c(c1)OCCO2. The maximum atomic E-state index is 11.9. The van der Waals surface area contributed by atoms with Gasteiger partial charge in [0, 0.05) is 18.7 Å². The number of carbonyl (C=O) groups is 1. The molecule has 0 saturated heterocycles. The zero-order valence-corrected chi connectivity index (χ0v) is 11.3. The molecule has 6 nitrogen and oxygen atoms in total. The lowest BCUT2D eigenvalue weighted by atomic mass is 10.2. The van der Waals surface area contributed by atoms with Gasteiger partial charge in [0.15, 0.2) is 11.5 Å². The monoisotopic (exact) mass is 281 g/mol. The topological polar surface area (TPSA) is 77.0 Å². The molecule has 0 aromatic heterocycles. The van der Waals surface area contributed by atoms with E-state index in [1.807, 2.05) is 0 Å². The highest BCUT2D eigenvalue weighted by molar-refractivity contribution is 5.94. The van der Waals surface area contributed by atoms with Gasteiger partial charge in [0.1, 0.15) is 13.2 Å². The molecule has 6 heteroatoms. The molecule has 2 rings (SSSR count). The first-order valence-corrected chi connectivity index (χ1v) is 6.67. The lowest BCUT2D eigenvalue weighted by molar-refractivity contribution is 0.0867. The minimum absolute atomic E-state index is 0.0174. The summed E-state index contributed by atoms with van der Waals surface area (Å²) >= 11 is 0. The zero-order chi connectivity index (χ0) is 14.2. The quantitative estimate of drug-likeness (QED) is 0.715. The number of rotatable bonds is 7. The summed E-state index contributed by atoms with van der Waals surface area (Å²) in [5.74, 6) is 1.13. The number of nitrogens with one attached hydrogen (secondary N) is 1. The third-order valence-electron chi connectivity index (χ3n) is 2.79. The summed E-state index contributed by atoms with van der Waals surface area (Å²) in [5.41, 5.74) is 0.547. The van der Waals surface area contributed by atoms with Gasteiger partial charge >= 0.3 is 0 Å². The van der Waals surface area contributed by atoms with Gasteiger partial charge in [0.2, 0.25) is 0 Å². The van der Waals surface area contributed by atoms with Crippen LogP contribution in [0.15, 0.2) is 18.2 Å². The standard InChI is InChI=1S/C14H19NO5/c16-5-7-18-6-1-4-15-14(17)11-2-3-12-13(10-11)20-9-8-19-12/h2-3,10,16H,1,4-9H2,(H,15,17). The molecule has 0 bridgehead atoms. The summed E-state index contributed by atoms with van der Waals surface area (Å²) in [6.45, 7) is 2.42. The normalized spacial score (nSPS) is 13.1. The van der Waals surface area contributed by atoms with Gasteiger partial charge in [0.05, 0.1) is 13.2 Å². The molecule has 1 aliphatic heterocycles. The summed E-state index contributed by atoms with van der Waals surface area (Å²) in [6.07, 6.45) is 0.705. The van der Waals surface area contributed by atoms with E-state index in [2.05, 4.69) is 5.32 Å². The van der Waals surface area contributed by atoms with Gasteiger partial charge in [-0.25, -0.2) is 0 Å². The average molecular weight is 281 g/mol. The predicted octanol–water partition coefficient (Wildman–Crippen LogP) is 0.587. The Labute approximate surface area is 117 Å². The van der Waals surface area contributed by atoms with Crippen molar-refractivity contribution in [2.75, 3.05) is 39.6 Å². The second kappa shape index (κ2) is 7.72. The molecule has 0 spiro atoms. The Morgan fingerprint density at radius 3 is 2.85 bits per heavy atom. The van der Waals surface area contributed by atoms with Gasteiger partial charge in [-0.15, -0.1) is 0 Å². The minimum atomic E-state index is -0.149. The Morgan fingerprint density at radius 1 is 1.25 bits per heavy atom. The smallest absolute Gasteiger partial charge is 0.251 e. The number of aliphatic hydroxyl groups is 1. The maximum absolute atomic E-state index is 11.9. The maximum Gasteiger partial charge on any atom is 0.251 e. The summed E-state index contributed by atoms with van der Waals surface area (Å²) < 4.78 is 15.9. The third-order valence-corrected chi connectivity index (χ3v) is 2.79. The van der Waals surface area contributed by atoms with Crippen LogP contribution in [0.1, 0.15) is 16.8 Å². The van der Waals surface area contributed by atoms with Crippen LogP contribution in [0.3, 0.4) is 0 Å². The fourth-order valence-electron chi connectivity index (χ4n) is 1.83. The number of carbonyl (C=O) groups excluding carboxylic acids is 1. The van der Waals surface area contributed by atoms with Crippen molar-refractivity contribution < 1.29 is 24.1 Å². The molecule has 110 valence electrons. The summed E-state index contributed by atoms with van der Waals surface area (Å²) in [7, 11) is 0. The van der Waals surface area contributed by atoms with Crippen LogP contribution < -0.4 is 14.8 Å². The van der Waals surface area contributed by atoms with Crippen molar-refractivity contribution in [2.45, 2.75) is 6.42 Å². The van der Waals surface area contributed by atoms with Crippen molar-refractivity contribution in [3.8, 4) is 11.5 Å². The van der Waals surface area contributed by atoms with E-state index >= 15 is 0 Å². The van der Waals surface area contributed by atoms with Crippen LogP contribution in [0.4, 0.5) is 0 Å². The lowest BCUT2D eigenvalue weighted by Crippen LogP contribution is -2.25. The molecule has 0 fully saturated rings. The van der Waals surface area contributed by atoms with Gasteiger partial charge in [0.25, 0.3) is 5.91 Å². The molecule has 1 aromatic rings. The minimum Gasteiger partial charge on any atom is -0.486 e. The van der Waals surface area contributed by atoms with Gasteiger partial charge in [-0.05, 0) is 24.6 Å². The molecule has 0 atom stereocenters. The molecule has 1 aliphatic rings. The van der Waals surface area contributed by atoms with E-state index in [-0.39, 0.29) is 12.5 Å². The molecule has 0 saturated carbocycles. The average Bonchev–Trinajstić information content (AvgIpc) is 2.50. The Morgan fingerprint density at radius 2 is 2.05 bits per heavy atom. The molecule has 1 heterocycles. The van der Waals surface area contributed by atoms with Crippen molar-refractivity contribution in [1.82, 2.24) is 5.32 Å². The molecule has 20 heavy (non-hydrogen) atoms. The van der Waals surface area contributed by atoms with E-state index < -0.39 is 0 Å². The number of amides is 1. The van der Waals surface area contributed by atoms with Gasteiger partial charge < -0.3 is 24.6 Å². The molecule has 0 aliphatic carbocycles. The fourth-order valence-corrected chi connectivity index (χ4v) is 1.83. The highest BCUT2D eigenvalue weighted by Crippen LogP contribution is 2.30. The van der Waals surface area contributed by atoms with Crippen molar-refractivity contribution in [3.63, 3.8) is 0 Å². The summed E-state index contributed by atoms with van der Waals surface area (Å²) in [4.78, 5) is 11.9. The first-order valence-electron chi connectivity index (χ1n) is 6.67. The van der Waals surface area contributed by atoms with Crippen LogP contribution >= 0.6 is 0 Å². The van der Waals surface area contributed by atoms with Crippen LogP contribution in [-0.2, 0) is 4.74 Å². The number of fused-ring (bicyclic) bond motifs is 1. The van der Waals surface area contributed by atoms with Crippen molar-refractivity contribution >= 4 is 5.91 Å². The first-order chi connectivity index (χ1) is 9.81. The Bertz CT molecular complexity index is 449. The zero-order valence-electron chi connectivity index (χ0n) is 11.3. The van der Waals surface area contributed by atoms with E-state index in [0.717, 1.165) is 0 Å². The number of benzene rings is 1. The number of hydrogen-bond donors (Lipinski definition) is 2. The second-order valence-electron chi connectivity index (χ2n) is 4.30. The molecule has 1 aromatic carbocycles. The van der Waals surface area contributed by atoms with Gasteiger partial charge in [-0.1, -0.05) is 0 Å². The largest absolute Gasteiger partial charge is 0.486 e. The molecule has 1 amide bonds. The molecular formula is C14H19NO5.